The molecule has 0 saturated carbocycles. The quantitative estimate of drug-likeness (QED) is 0.823. The maximum atomic E-state index is 11.5. The highest BCUT2D eigenvalue weighted by Crippen LogP contribution is 2.21. The summed E-state index contributed by atoms with van der Waals surface area (Å²) in [6.45, 7) is 3.21. The largest absolute Gasteiger partial charge is 0.481 e. The van der Waals surface area contributed by atoms with Gasteiger partial charge in [-0.3, -0.25) is 14.0 Å². The first-order valence-electron chi connectivity index (χ1n) is 4.69. The molecule has 1 N–H and O–H groups in total. The van der Waals surface area contributed by atoms with Crippen molar-refractivity contribution < 1.29 is 14.7 Å². The number of aliphatic carboxylic acids is 1. The third kappa shape index (κ3) is 1.61. The molecule has 0 atom stereocenters. The minimum absolute atomic E-state index is 0.101. The van der Waals surface area contributed by atoms with Crippen LogP contribution in [0.1, 0.15) is 28.8 Å². The molecule has 6 heteroatoms. The van der Waals surface area contributed by atoms with E-state index < -0.39 is 5.97 Å². The van der Waals surface area contributed by atoms with Gasteiger partial charge in [-0.2, -0.15) is 0 Å². The topological polar surface area (TPSA) is 71.7 Å². The number of carbonyl (C=O) groups excluding carboxylic acids is 1. The number of carboxylic acid groups (broad SMARTS) is 1. The van der Waals surface area contributed by atoms with Crippen LogP contribution in [0.5, 0.6) is 0 Å². The van der Waals surface area contributed by atoms with E-state index in [0.717, 1.165) is 0 Å². The Morgan fingerprint density at radius 3 is 2.81 bits per heavy atom. The summed E-state index contributed by atoms with van der Waals surface area (Å²) in [6, 6.07) is 0. The maximum absolute atomic E-state index is 11.5. The molecule has 0 fully saturated rings. The van der Waals surface area contributed by atoms with Crippen molar-refractivity contribution in [2.24, 2.45) is 0 Å². The third-order valence-corrected chi connectivity index (χ3v) is 3.15. The van der Waals surface area contributed by atoms with Gasteiger partial charge < -0.3 is 5.11 Å². The minimum Gasteiger partial charge on any atom is -0.481 e. The van der Waals surface area contributed by atoms with Gasteiger partial charge in [-0.15, -0.1) is 11.3 Å². The molecular formula is C10H10N2O3S. The second-order valence-electron chi connectivity index (χ2n) is 3.52. The van der Waals surface area contributed by atoms with Crippen LogP contribution < -0.4 is 0 Å². The summed E-state index contributed by atoms with van der Waals surface area (Å²) >= 11 is 1.34. The van der Waals surface area contributed by atoms with E-state index in [1.54, 1.807) is 16.7 Å². The lowest BCUT2D eigenvalue weighted by atomic mass is 10.2. The number of nitrogens with zero attached hydrogens (tertiary/aromatic N) is 2. The lowest BCUT2D eigenvalue weighted by Gasteiger charge is -1.99. The number of imidazole rings is 1. The molecule has 0 unspecified atom stereocenters. The number of rotatable bonds is 3. The molecule has 0 aliphatic heterocycles. The standard InChI is InChI=1S/C10H10N2O3S/c1-5-9(6(2)13)12-7(3-8(14)15)4-16-10(12)11-5/h4H,3H2,1-2H3,(H,14,15). The van der Waals surface area contributed by atoms with Crippen molar-refractivity contribution in [2.45, 2.75) is 20.3 Å². The van der Waals surface area contributed by atoms with Crippen molar-refractivity contribution >= 4 is 28.1 Å². The number of carbonyl (C=O) groups is 2. The molecule has 84 valence electrons. The van der Waals surface area contributed by atoms with Crippen LogP contribution in [0.4, 0.5) is 0 Å². The molecule has 2 heterocycles. The highest BCUT2D eigenvalue weighted by Gasteiger charge is 2.18. The summed E-state index contributed by atoms with van der Waals surface area (Å²) < 4.78 is 1.64. The second-order valence-corrected chi connectivity index (χ2v) is 4.35. The molecule has 0 radical (unpaired) electrons. The second kappa shape index (κ2) is 3.71. The van der Waals surface area contributed by atoms with Gasteiger partial charge in [0.1, 0.15) is 5.69 Å². The lowest BCUT2D eigenvalue weighted by molar-refractivity contribution is -0.136. The Labute approximate surface area is 95.4 Å². The van der Waals surface area contributed by atoms with E-state index in [1.807, 2.05) is 0 Å². The average Bonchev–Trinajstić information content (AvgIpc) is 2.64. The number of thiazole rings is 1. The van der Waals surface area contributed by atoms with Crippen LogP contribution in [0.2, 0.25) is 0 Å². The molecule has 2 aromatic heterocycles. The molecule has 16 heavy (non-hydrogen) atoms. The monoisotopic (exact) mass is 238 g/mol. The van der Waals surface area contributed by atoms with Crippen molar-refractivity contribution in [2.75, 3.05) is 0 Å². The molecule has 0 aliphatic rings. The number of hydrogen-bond acceptors (Lipinski definition) is 4. The van der Waals surface area contributed by atoms with Gasteiger partial charge in [0.2, 0.25) is 0 Å². The van der Waals surface area contributed by atoms with Crippen molar-refractivity contribution in [1.82, 2.24) is 9.38 Å². The van der Waals surface area contributed by atoms with Crippen LogP contribution in [-0.4, -0.2) is 26.2 Å². The normalized spacial score (nSPS) is 10.9. The Kier molecular flexibility index (Phi) is 2.51. The van der Waals surface area contributed by atoms with Gasteiger partial charge in [-0.05, 0) is 6.92 Å². The Hall–Kier alpha value is -1.69. The van der Waals surface area contributed by atoms with Crippen LogP contribution in [0, 0.1) is 6.92 Å². The van der Waals surface area contributed by atoms with Crippen LogP contribution in [0.3, 0.4) is 0 Å². The highest BCUT2D eigenvalue weighted by atomic mass is 32.1. The predicted molar refractivity (Wildman–Crippen MR) is 59.2 cm³/mol. The first kappa shape index (κ1) is 10.8. The summed E-state index contributed by atoms with van der Waals surface area (Å²) in [5.74, 6) is -1.02. The molecular weight excluding hydrogens is 228 g/mol. The molecule has 2 aromatic rings. The smallest absolute Gasteiger partial charge is 0.309 e. The van der Waals surface area contributed by atoms with E-state index in [1.165, 1.54) is 18.3 Å². The zero-order chi connectivity index (χ0) is 11.9. The van der Waals surface area contributed by atoms with Crippen molar-refractivity contribution in [3.05, 3.63) is 22.5 Å². The zero-order valence-corrected chi connectivity index (χ0v) is 9.67. The van der Waals surface area contributed by atoms with Crippen LogP contribution in [-0.2, 0) is 11.2 Å². The first-order valence-corrected chi connectivity index (χ1v) is 5.57. The zero-order valence-electron chi connectivity index (χ0n) is 8.85. The third-order valence-electron chi connectivity index (χ3n) is 2.27. The van der Waals surface area contributed by atoms with Crippen LogP contribution >= 0.6 is 11.3 Å². The van der Waals surface area contributed by atoms with E-state index in [9.17, 15) is 9.59 Å². The van der Waals surface area contributed by atoms with Gasteiger partial charge in [0.25, 0.3) is 0 Å². The number of aromatic nitrogens is 2. The summed E-state index contributed by atoms with van der Waals surface area (Å²) in [5, 5.41) is 10.5. The Balaban J connectivity index is 2.68. The number of ketones is 1. The Bertz CT molecular complexity index is 582. The SMILES string of the molecule is CC(=O)c1c(C)nc2scc(CC(=O)O)n12. The molecule has 5 nitrogen and oxygen atoms in total. The van der Waals surface area contributed by atoms with E-state index >= 15 is 0 Å². The Morgan fingerprint density at radius 2 is 2.25 bits per heavy atom. The molecule has 0 spiro atoms. The maximum Gasteiger partial charge on any atom is 0.309 e. The number of hydrogen-bond donors (Lipinski definition) is 1. The van der Waals surface area contributed by atoms with Crippen LogP contribution in [0.15, 0.2) is 5.38 Å². The first-order chi connectivity index (χ1) is 7.50. The Morgan fingerprint density at radius 1 is 1.56 bits per heavy atom. The van der Waals surface area contributed by atoms with Crippen molar-refractivity contribution in [3.8, 4) is 0 Å². The van der Waals surface area contributed by atoms with Crippen LogP contribution in [0.25, 0.3) is 4.96 Å². The number of fused-ring (bicyclic) bond motifs is 1. The van der Waals surface area contributed by atoms with Crippen molar-refractivity contribution in [1.29, 1.82) is 0 Å². The van der Waals surface area contributed by atoms with Gasteiger partial charge in [0, 0.05) is 18.0 Å². The number of Topliss-reactive ketones (excluding diaryl/α,β-unsaturated/α-hetero) is 1. The molecule has 2 rings (SSSR count). The van der Waals surface area contributed by atoms with Gasteiger partial charge >= 0.3 is 5.97 Å². The van der Waals surface area contributed by atoms with Gasteiger partial charge in [-0.25, -0.2) is 4.98 Å². The molecule has 0 aromatic carbocycles. The van der Waals surface area contributed by atoms with Gasteiger partial charge in [0.05, 0.1) is 12.1 Å². The number of carboxylic acids is 1. The summed E-state index contributed by atoms with van der Waals surface area (Å²) in [6.07, 6.45) is -0.101. The fraction of sp³-hybridized carbons (Fsp3) is 0.300. The molecule has 0 saturated heterocycles. The summed E-state index contributed by atoms with van der Waals surface area (Å²) in [5.41, 5.74) is 1.72. The number of aryl methyl sites for hydroxylation is 1. The van der Waals surface area contributed by atoms with Gasteiger partial charge in [-0.1, -0.05) is 0 Å². The lowest BCUT2D eigenvalue weighted by Crippen LogP contribution is -2.07. The van der Waals surface area contributed by atoms with E-state index in [2.05, 4.69) is 4.98 Å². The highest BCUT2D eigenvalue weighted by molar-refractivity contribution is 7.15. The molecule has 0 aliphatic carbocycles. The predicted octanol–water partition coefficient (Wildman–Crippen LogP) is 1.53. The average molecular weight is 238 g/mol. The summed E-state index contributed by atoms with van der Waals surface area (Å²) in [4.78, 5) is 27.1. The fourth-order valence-corrected chi connectivity index (χ4v) is 2.64. The molecule has 0 amide bonds. The summed E-state index contributed by atoms with van der Waals surface area (Å²) in [7, 11) is 0. The van der Waals surface area contributed by atoms with E-state index in [4.69, 9.17) is 5.11 Å². The van der Waals surface area contributed by atoms with Gasteiger partial charge in [0.15, 0.2) is 10.7 Å². The van der Waals surface area contributed by atoms with E-state index in [-0.39, 0.29) is 12.2 Å². The van der Waals surface area contributed by atoms with Crippen molar-refractivity contribution in [3.63, 3.8) is 0 Å². The fourth-order valence-electron chi connectivity index (χ4n) is 1.71. The molecule has 0 bridgehead atoms. The minimum atomic E-state index is -0.916. The van der Waals surface area contributed by atoms with E-state index in [0.29, 0.717) is 22.0 Å².